The predicted molar refractivity (Wildman–Crippen MR) is 73.0 cm³/mol. The summed E-state index contributed by atoms with van der Waals surface area (Å²) in [7, 11) is 0. The standard InChI is InChI=1S/C13H16N4O2/c1-8-4-5-11(9(2)6-8)10(3)16-13(14)12(7-15-16)17(18)19/h4-7,10H,14H2,1-3H3. The van der Waals surface area contributed by atoms with Gasteiger partial charge in [-0.05, 0) is 31.9 Å². The molecule has 1 atom stereocenters. The highest BCUT2D eigenvalue weighted by molar-refractivity contribution is 5.52. The molecule has 0 aliphatic rings. The maximum absolute atomic E-state index is 10.8. The van der Waals surface area contributed by atoms with Crippen molar-refractivity contribution in [2.24, 2.45) is 0 Å². The molecule has 0 fully saturated rings. The number of benzene rings is 1. The largest absolute Gasteiger partial charge is 0.378 e. The van der Waals surface area contributed by atoms with Gasteiger partial charge in [0, 0.05) is 0 Å². The minimum Gasteiger partial charge on any atom is -0.378 e. The van der Waals surface area contributed by atoms with Crippen LogP contribution < -0.4 is 5.73 Å². The fourth-order valence-corrected chi connectivity index (χ4v) is 2.24. The molecular weight excluding hydrogens is 244 g/mol. The van der Waals surface area contributed by atoms with Gasteiger partial charge in [-0.2, -0.15) is 5.10 Å². The van der Waals surface area contributed by atoms with Gasteiger partial charge in [-0.25, -0.2) is 4.68 Å². The molecule has 0 spiro atoms. The first kappa shape index (κ1) is 13.1. The number of nitrogens with two attached hydrogens (primary N) is 1. The summed E-state index contributed by atoms with van der Waals surface area (Å²) in [4.78, 5) is 10.3. The van der Waals surface area contributed by atoms with E-state index in [1.807, 2.05) is 32.9 Å². The van der Waals surface area contributed by atoms with Crippen LogP contribution in [-0.2, 0) is 0 Å². The van der Waals surface area contributed by atoms with Crippen molar-refractivity contribution in [1.82, 2.24) is 9.78 Å². The van der Waals surface area contributed by atoms with E-state index in [1.54, 1.807) is 0 Å². The van der Waals surface area contributed by atoms with Crippen LogP contribution in [-0.4, -0.2) is 14.7 Å². The quantitative estimate of drug-likeness (QED) is 0.678. The fraction of sp³-hybridized carbons (Fsp3) is 0.308. The molecule has 0 saturated heterocycles. The van der Waals surface area contributed by atoms with Gasteiger partial charge in [0.2, 0.25) is 5.82 Å². The van der Waals surface area contributed by atoms with Gasteiger partial charge in [-0.1, -0.05) is 23.8 Å². The van der Waals surface area contributed by atoms with Gasteiger partial charge < -0.3 is 5.73 Å². The summed E-state index contributed by atoms with van der Waals surface area (Å²) in [5, 5.41) is 14.8. The zero-order valence-electron chi connectivity index (χ0n) is 11.1. The topological polar surface area (TPSA) is 87.0 Å². The molecule has 2 rings (SSSR count). The monoisotopic (exact) mass is 260 g/mol. The molecule has 0 radical (unpaired) electrons. The van der Waals surface area contributed by atoms with Gasteiger partial charge in [0.15, 0.2) is 0 Å². The van der Waals surface area contributed by atoms with Crippen LogP contribution in [0, 0.1) is 24.0 Å². The molecule has 0 aliphatic carbocycles. The number of rotatable bonds is 3. The molecule has 2 N–H and O–H groups in total. The summed E-state index contributed by atoms with van der Waals surface area (Å²) in [5.41, 5.74) is 8.97. The van der Waals surface area contributed by atoms with Gasteiger partial charge in [-0.15, -0.1) is 0 Å². The Bertz CT molecular complexity index is 634. The molecule has 1 unspecified atom stereocenters. The van der Waals surface area contributed by atoms with Crippen LogP contribution in [0.3, 0.4) is 0 Å². The highest BCUT2D eigenvalue weighted by Gasteiger charge is 2.22. The van der Waals surface area contributed by atoms with Crippen molar-refractivity contribution in [2.45, 2.75) is 26.8 Å². The van der Waals surface area contributed by atoms with E-state index in [1.165, 1.54) is 16.4 Å². The lowest BCUT2D eigenvalue weighted by atomic mass is 10.0. The summed E-state index contributed by atoms with van der Waals surface area (Å²) in [6.45, 7) is 5.95. The molecule has 0 aliphatic heterocycles. The predicted octanol–water partition coefficient (Wildman–Crippen LogP) is 2.60. The molecular formula is C13H16N4O2. The molecule has 1 heterocycles. The number of nitrogens with zero attached hydrogens (tertiary/aromatic N) is 3. The number of hydrogen-bond acceptors (Lipinski definition) is 4. The Morgan fingerprint density at radius 2 is 2.11 bits per heavy atom. The summed E-state index contributed by atoms with van der Waals surface area (Å²) in [5.74, 6) is 0.0810. The molecule has 6 nitrogen and oxygen atoms in total. The van der Waals surface area contributed by atoms with Crippen molar-refractivity contribution in [3.05, 3.63) is 51.2 Å². The lowest BCUT2D eigenvalue weighted by molar-refractivity contribution is -0.384. The summed E-state index contributed by atoms with van der Waals surface area (Å²) in [6, 6.07) is 5.93. The smallest absolute Gasteiger partial charge is 0.330 e. The maximum atomic E-state index is 10.8. The van der Waals surface area contributed by atoms with Crippen LogP contribution in [0.1, 0.15) is 29.7 Å². The summed E-state index contributed by atoms with van der Waals surface area (Å²) in [6.07, 6.45) is 1.19. The second kappa shape index (κ2) is 4.72. The summed E-state index contributed by atoms with van der Waals surface area (Å²) >= 11 is 0. The Morgan fingerprint density at radius 1 is 1.42 bits per heavy atom. The van der Waals surface area contributed by atoms with Crippen LogP contribution >= 0.6 is 0 Å². The number of nitrogen functional groups attached to an aromatic ring is 1. The Balaban J connectivity index is 2.44. The van der Waals surface area contributed by atoms with Crippen molar-refractivity contribution in [1.29, 1.82) is 0 Å². The first-order chi connectivity index (χ1) is 8.91. The molecule has 2 aromatic rings. The lowest BCUT2D eigenvalue weighted by Gasteiger charge is -2.16. The third-order valence-electron chi connectivity index (χ3n) is 3.25. The van der Waals surface area contributed by atoms with Crippen LogP contribution in [0.15, 0.2) is 24.4 Å². The molecule has 0 amide bonds. The lowest BCUT2D eigenvalue weighted by Crippen LogP contribution is -2.13. The van der Waals surface area contributed by atoms with Crippen molar-refractivity contribution in [3.8, 4) is 0 Å². The average Bonchev–Trinajstić information content (AvgIpc) is 2.70. The molecule has 6 heteroatoms. The van der Waals surface area contributed by atoms with E-state index in [4.69, 9.17) is 5.73 Å². The number of hydrogen-bond donors (Lipinski definition) is 1. The molecule has 1 aromatic heterocycles. The normalized spacial score (nSPS) is 12.4. The number of aromatic nitrogens is 2. The highest BCUT2D eigenvalue weighted by atomic mass is 16.6. The molecule has 100 valence electrons. The van der Waals surface area contributed by atoms with Crippen LogP contribution in [0.5, 0.6) is 0 Å². The molecule has 0 saturated carbocycles. The fourth-order valence-electron chi connectivity index (χ4n) is 2.24. The van der Waals surface area contributed by atoms with Crippen LogP contribution in [0.2, 0.25) is 0 Å². The first-order valence-electron chi connectivity index (χ1n) is 5.96. The van der Waals surface area contributed by atoms with Gasteiger partial charge >= 0.3 is 5.69 Å². The number of aryl methyl sites for hydroxylation is 2. The Kier molecular flexibility index (Phi) is 3.25. The van der Waals surface area contributed by atoms with E-state index in [0.29, 0.717) is 0 Å². The van der Waals surface area contributed by atoms with Crippen molar-refractivity contribution < 1.29 is 4.92 Å². The zero-order valence-corrected chi connectivity index (χ0v) is 11.1. The molecule has 0 bridgehead atoms. The van der Waals surface area contributed by atoms with Crippen molar-refractivity contribution in [2.75, 3.05) is 5.73 Å². The van der Waals surface area contributed by atoms with Gasteiger partial charge in [-0.3, -0.25) is 10.1 Å². The van der Waals surface area contributed by atoms with E-state index in [9.17, 15) is 10.1 Å². The maximum Gasteiger partial charge on any atom is 0.330 e. The van der Waals surface area contributed by atoms with Crippen LogP contribution in [0.25, 0.3) is 0 Å². The Hall–Kier alpha value is -2.37. The van der Waals surface area contributed by atoms with Crippen LogP contribution in [0.4, 0.5) is 11.5 Å². The minimum absolute atomic E-state index is 0.0810. The highest BCUT2D eigenvalue weighted by Crippen LogP contribution is 2.28. The first-order valence-corrected chi connectivity index (χ1v) is 5.96. The van der Waals surface area contributed by atoms with Gasteiger partial charge in [0.1, 0.15) is 6.20 Å². The summed E-state index contributed by atoms with van der Waals surface area (Å²) < 4.78 is 1.48. The number of nitro groups is 1. The SMILES string of the molecule is Cc1ccc(C(C)n2ncc([N+](=O)[O-])c2N)c(C)c1. The van der Waals surface area contributed by atoms with E-state index in [2.05, 4.69) is 11.2 Å². The zero-order chi connectivity index (χ0) is 14.2. The Morgan fingerprint density at radius 3 is 2.63 bits per heavy atom. The minimum atomic E-state index is -0.520. The van der Waals surface area contributed by atoms with Gasteiger partial charge in [0.25, 0.3) is 0 Å². The number of anilines is 1. The van der Waals surface area contributed by atoms with E-state index < -0.39 is 4.92 Å². The van der Waals surface area contributed by atoms with Crippen molar-refractivity contribution >= 4 is 11.5 Å². The van der Waals surface area contributed by atoms with E-state index >= 15 is 0 Å². The third kappa shape index (κ3) is 2.29. The van der Waals surface area contributed by atoms with Gasteiger partial charge in [0.05, 0.1) is 11.0 Å². The van der Waals surface area contributed by atoms with Crippen molar-refractivity contribution in [3.63, 3.8) is 0 Å². The average molecular weight is 260 g/mol. The second-order valence-electron chi connectivity index (χ2n) is 4.65. The van der Waals surface area contributed by atoms with E-state index in [-0.39, 0.29) is 17.5 Å². The molecule has 1 aromatic carbocycles. The third-order valence-corrected chi connectivity index (χ3v) is 3.25. The van der Waals surface area contributed by atoms with E-state index in [0.717, 1.165) is 11.1 Å². The molecule has 19 heavy (non-hydrogen) atoms. The second-order valence-corrected chi connectivity index (χ2v) is 4.65. The Labute approximate surface area is 111 Å².